The minimum Gasteiger partial charge on any atom is -0.459 e. The van der Waals surface area contributed by atoms with Crippen molar-refractivity contribution in [2.75, 3.05) is 31.5 Å². The van der Waals surface area contributed by atoms with Gasteiger partial charge in [0.25, 0.3) is 11.5 Å². The van der Waals surface area contributed by atoms with Crippen LogP contribution in [-0.4, -0.2) is 58.4 Å². The summed E-state index contributed by atoms with van der Waals surface area (Å²) in [7, 11) is 0. The number of nitrogens with zero attached hydrogens (tertiary/aromatic N) is 3. The molecule has 2 amide bonds. The molecule has 2 aromatic rings. The van der Waals surface area contributed by atoms with Gasteiger partial charge in [-0.2, -0.15) is 0 Å². The number of likely N-dealkylation sites (tertiary alicyclic amines) is 2. The van der Waals surface area contributed by atoms with Gasteiger partial charge >= 0.3 is 0 Å². The van der Waals surface area contributed by atoms with Crippen molar-refractivity contribution in [1.29, 1.82) is 0 Å². The van der Waals surface area contributed by atoms with Crippen molar-refractivity contribution in [3.63, 3.8) is 0 Å². The van der Waals surface area contributed by atoms with Gasteiger partial charge in [0, 0.05) is 57.3 Å². The third-order valence-corrected chi connectivity index (χ3v) is 7.05. The number of piperidine rings is 2. The predicted octanol–water partition coefficient (Wildman–Crippen LogP) is 2.12. The second-order valence-electron chi connectivity index (χ2n) is 9.01. The van der Waals surface area contributed by atoms with E-state index < -0.39 is 5.91 Å². The van der Waals surface area contributed by atoms with Crippen molar-refractivity contribution < 1.29 is 14.0 Å². The number of carbonyl (C=O) groups excluding carboxylic acids is 2. The van der Waals surface area contributed by atoms with Crippen LogP contribution in [0.2, 0.25) is 0 Å². The Morgan fingerprint density at radius 3 is 2.61 bits per heavy atom. The molecule has 0 aliphatic carbocycles. The number of rotatable bonds is 3. The van der Waals surface area contributed by atoms with Crippen LogP contribution in [0.25, 0.3) is 0 Å². The molecule has 164 valence electrons. The second kappa shape index (κ2) is 8.00. The number of hydrogen-bond acceptors (Lipinski definition) is 5. The smallest absolute Gasteiger partial charge is 0.291 e. The zero-order chi connectivity index (χ0) is 21.5. The summed E-state index contributed by atoms with van der Waals surface area (Å²) in [4.78, 5) is 41.5. The lowest BCUT2D eigenvalue weighted by Gasteiger charge is -2.47. The van der Waals surface area contributed by atoms with Gasteiger partial charge in [-0.1, -0.05) is 0 Å². The minimum atomic E-state index is -0.415. The molecule has 31 heavy (non-hydrogen) atoms. The van der Waals surface area contributed by atoms with Crippen LogP contribution in [0.5, 0.6) is 0 Å². The van der Waals surface area contributed by atoms with Crippen molar-refractivity contribution in [2.45, 2.75) is 44.7 Å². The van der Waals surface area contributed by atoms with E-state index in [1.54, 1.807) is 25.1 Å². The molecule has 2 aromatic heterocycles. The second-order valence-corrected chi connectivity index (χ2v) is 9.01. The maximum absolute atomic E-state index is 13.1. The fraction of sp³-hybridized carbons (Fsp3) is 0.522. The molecule has 2 bridgehead atoms. The topological polar surface area (TPSA) is 87.8 Å². The van der Waals surface area contributed by atoms with Crippen LogP contribution in [-0.2, 0) is 11.3 Å². The average Bonchev–Trinajstić information content (AvgIpc) is 3.31. The van der Waals surface area contributed by atoms with Crippen LogP contribution >= 0.6 is 0 Å². The highest BCUT2D eigenvalue weighted by Crippen LogP contribution is 2.37. The van der Waals surface area contributed by atoms with Gasteiger partial charge in [0.15, 0.2) is 5.76 Å². The number of furan rings is 1. The highest BCUT2D eigenvalue weighted by atomic mass is 16.3. The van der Waals surface area contributed by atoms with Gasteiger partial charge in [-0.15, -0.1) is 0 Å². The van der Waals surface area contributed by atoms with Crippen LogP contribution in [0.15, 0.2) is 39.7 Å². The van der Waals surface area contributed by atoms with E-state index in [2.05, 4.69) is 10.2 Å². The number of carbonyl (C=O) groups is 2. The lowest BCUT2D eigenvalue weighted by Crippen LogP contribution is -2.53. The monoisotopic (exact) mass is 424 g/mol. The highest BCUT2D eigenvalue weighted by molar-refractivity contribution is 6.02. The summed E-state index contributed by atoms with van der Waals surface area (Å²) in [6, 6.07) is 7.43. The van der Waals surface area contributed by atoms with Gasteiger partial charge in [-0.3, -0.25) is 19.3 Å². The first-order valence-electron chi connectivity index (χ1n) is 11.1. The molecule has 3 aliphatic rings. The zero-order valence-corrected chi connectivity index (χ0v) is 17.8. The summed E-state index contributed by atoms with van der Waals surface area (Å²) >= 11 is 0. The van der Waals surface area contributed by atoms with Crippen LogP contribution < -0.4 is 10.9 Å². The summed E-state index contributed by atoms with van der Waals surface area (Å²) in [6.45, 7) is 5.92. The highest BCUT2D eigenvalue weighted by Gasteiger charge is 2.38. The fourth-order valence-electron chi connectivity index (χ4n) is 5.51. The fourth-order valence-corrected chi connectivity index (χ4v) is 5.51. The number of pyridine rings is 1. The van der Waals surface area contributed by atoms with Crippen molar-refractivity contribution in [1.82, 2.24) is 14.4 Å². The Labute approximate surface area is 180 Å². The average molecular weight is 425 g/mol. The maximum Gasteiger partial charge on any atom is 0.291 e. The Hall–Kier alpha value is -2.87. The van der Waals surface area contributed by atoms with Crippen molar-refractivity contribution in [3.05, 3.63) is 52.3 Å². The molecule has 0 spiro atoms. The minimum absolute atomic E-state index is 0.143. The number of nitrogens with one attached hydrogen (secondary N) is 1. The quantitative estimate of drug-likeness (QED) is 0.816. The standard InChI is InChI=1S/C23H28N4O4/c1-15(28)25-8-6-18(7-9-25)26-12-16-11-17(14-26)20-5-4-19(23(30)27(20)13-16)24-22(29)21-3-2-10-31-21/h2-5,10,16-18H,6-9,11-14H2,1H3,(H,24,29)/t16-,17-/m1/s1. The van der Waals surface area contributed by atoms with Gasteiger partial charge in [0.2, 0.25) is 5.91 Å². The van der Waals surface area contributed by atoms with Gasteiger partial charge < -0.3 is 19.2 Å². The molecule has 0 unspecified atom stereocenters. The molecular weight excluding hydrogens is 396 g/mol. The molecule has 2 saturated heterocycles. The summed E-state index contributed by atoms with van der Waals surface area (Å²) < 4.78 is 6.98. The molecule has 2 fully saturated rings. The molecule has 5 rings (SSSR count). The lowest BCUT2D eigenvalue weighted by atomic mass is 9.82. The van der Waals surface area contributed by atoms with Gasteiger partial charge in [0.1, 0.15) is 5.69 Å². The van der Waals surface area contributed by atoms with Crippen molar-refractivity contribution >= 4 is 17.5 Å². The number of hydrogen-bond donors (Lipinski definition) is 1. The van der Waals surface area contributed by atoms with E-state index in [4.69, 9.17) is 4.42 Å². The first-order valence-corrected chi connectivity index (χ1v) is 11.1. The molecule has 3 aliphatic heterocycles. The molecule has 0 aromatic carbocycles. The molecule has 2 atom stereocenters. The van der Waals surface area contributed by atoms with E-state index in [0.717, 1.165) is 51.1 Å². The first-order chi connectivity index (χ1) is 15.0. The molecule has 5 heterocycles. The van der Waals surface area contributed by atoms with Crippen LogP contribution in [0, 0.1) is 5.92 Å². The Bertz CT molecular complexity index is 1040. The van der Waals surface area contributed by atoms with E-state index >= 15 is 0 Å². The molecule has 8 nitrogen and oxygen atoms in total. The Kier molecular flexibility index (Phi) is 5.17. The Balaban J connectivity index is 1.31. The summed E-state index contributed by atoms with van der Waals surface area (Å²) in [6.07, 6.45) is 4.57. The number of amides is 2. The van der Waals surface area contributed by atoms with Crippen molar-refractivity contribution in [2.24, 2.45) is 5.92 Å². The number of aromatic nitrogens is 1. The zero-order valence-electron chi connectivity index (χ0n) is 17.8. The van der Waals surface area contributed by atoms with E-state index in [-0.39, 0.29) is 17.2 Å². The van der Waals surface area contributed by atoms with Crippen molar-refractivity contribution in [3.8, 4) is 0 Å². The molecule has 8 heteroatoms. The molecule has 0 radical (unpaired) electrons. The van der Waals surface area contributed by atoms with Gasteiger partial charge in [-0.25, -0.2) is 0 Å². The van der Waals surface area contributed by atoms with E-state index in [1.807, 2.05) is 15.5 Å². The third-order valence-electron chi connectivity index (χ3n) is 7.05. The maximum atomic E-state index is 13.1. The summed E-state index contributed by atoms with van der Waals surface area (Å²) in [5.41, 5.74) is 1.21. The van der Waals surface area contributed by atoms with Gasteiger partial charge in [-0.05, 0) is 49.4 Å². The van der Waals surface area contributed by atoms with Gasteiger partial charge in [0.05, 0.1) is 6.26 Å². The normalized spacial score (nSPS) is 24.0. The summed E-state index contributed by atoms with van der Waals surface area (Å²) in [5, 5.41) is 2.69. The van der Waals surface area contributed by atoms with E-state index in [9.17, 15) is 14.4 Å². The molecule has 1 N–H and O–H groups in total. The molecular formula is C23H28N4O4. The van der Waals surface area contributed by atoms with Crippen LogP contribution in [0.1, 0.15) is 48.4 Å². The van der Waals surface area contributed by atoms with E-state index in [1.165, 1.54) is 6.26 Å². The number of fused-ring (bicyclic) bond motifs is 4. The first kappa shape index (κ1) is 20.1. The predicted molar refractivity (Wildman–Crippen MR) is 115 cm³/mol. The van der Waals surface area contributed by atoms with Crippen LogP contribution in [0.3, 0.4) is 0 Å². The summed E-state index contributed by atoms with van der Waals surface area (Å²) in [5.74, 6) is 0.677. The van der Waals surface area contributed by atoms with E-state index in [0.29, 0.717) is 30.1 Å². The third kappa shape index (κ3) is 3.80. The Morgan fingerprint density at radius 2 is 1.90 bits per heavy atom. The SMILES string of the molecule is CC(=O)N1CCC(N2C[C@H]3C[C@H](C2)c2ccc(NC(=O)c4ccco4)c(=O)n2C3)CC1. The Morgan fingerprint density at radius 1 is 1.10 bits per heavy atom. The van der Waals surface area contributed by atoms with Crippen LogP contribution in [0.4, 0.5) is 5.69 Å². The lowest BCUT2D eigenvalue weighted by molar-refractivity contribution is -0.130. The number of anilines is 1. The molecule has 0 saturated carbocycles. The largest absolute Gasteiger partial charge is 0.459 e.